The lowest BCUT2D eigenvalue weighted by atomic mass is 10.2. The van der Waals surface area contributed by atoms with Crippen LogP contribution in [-0.4, -0.2) is 40.1 Å². The van der Waals surface area contributed by atoms with Crippen molar-refractivity contribution in [3.8, 4) is 0 Å². The van der Waals surface area contributed by atoms with Gasteiger partial charge >= 0.3 is 0 Å². The van der Waals surface area contributed by atoms with Gasteiger partial charge in [-0.25, -0.2) is 0 Å². The van der Waals surface area contributed by atoms with Crippen LogP contribution in [-0.2, 0) is 11.2 Å². The quantitative estimate of drug-likeness (QED) is 0.724. The van der Waals surface area contributed by atoms with Gasteiger partial charge in [-0.3, -0.25) is 9.78 Å². The van der Waals surface area contributed by atoms with Crippen LogP contribution in [0.15, 0.2) is 18.3 Å². The van der Waals surface area contributed by atoms with Crippen LogP contribution in [0.2, 0.25) is 0 Å². The molecule has 86 valence electrons. The Bertz CT molecular complexity index is 377. The maximum absolute atomic E-state index is 11.8. The second kappa shape index (κ2) is 4.49. The Morgan fingerprint density at radius 2 is 2.44 bits per heavy atom. The summed E-state index contributed by atoms with van der Waals surface area (Å²) in [5.41, 5.74) is 6.81. The first-order chi connectivity index (χ1) is 7.65. The zero-order valence-electron chi connectivity index (χ0n) is 8.97. The minimum absolute atomic E-state index is 0.00817. The first-order valence-corrected chi connectivity index (χ1v) is 5.31. The average molecular weight is 221 g/mol. The van der Waals surface area contributed by atoms with Crippen molar-refractivity contribution in [2.24, 2.45) is 0 Å². The van der Waals surface area contributed by atoms with E-state index in [4.69, 9.17) is 5.73 Å². The highest BCUT2D eigenvalue weighted by Crippen LogP contribution is 2.11. The SMILES string of the molecule is Nc1ccc(CC(=O)N2CC[C@H](O)C2)nc1. The Morgan fingerprint density at radius 3 is 3.00 bits per heavy atom. The van der Waals surface area contributed by atoms with Crippen molar-refractivity contribution in [2.75, 3.05) is 18.8 Å². The van der Waals surface area contributed by atoms with E-state index in [9.17, 15) is 9.90 Å². The number of rotatable bonds is 2. The molecule has 1 fully saturated rings. The summed E-state index contributed by atoms with van der Waals surface area (Å²) in [5.74, 6) is 0.00817. The second-order valence-electron chi connectivity index (χ2n) is 4.04. The molecule has 1 saturated heterocycles. The van der Waals surface area contributed by atoms with Gasteiger partial charge in [-0.1, -0.05) is 0 Å². The molecule has 0 unspecified atom stereocenters. The van der Waals surface area contributed by atoms with Gasteiger partial charge in [0, 0.05) is 18.8 Å². The molecular formula is C11H15N3O2. The van der Waals surface area contributed by atoms with Gasteiger partial charge in [0.25, 0.3) is 0 Å². The largest absolute Gasteiger partial charge is 0.397 e. The van der Waals surface area contributed by atoms with Crippen molar-refractivity contribution in [1.82, 2.24) is 9.88 Å². The Kier molecular flexibility index (Phi) is 3.05. The number of carbonyl (C=O) groups excluding carboxylic acids is 1. The fourth-order valence-electron chi connectivity index (χ4n) is 1.78. The van der Waals surface area contributed by atoms with Gasteiger partial charge in [-0.2, -0.15) is 0 Å². The van der Waals surface area contributed by atoms with Crippen LogP contribution in [0.1, 0.15) is 12.1 Å². The molecule has 1 atom stereocenters. The van der Waals surface area contributed by atoms with Crippen molar-refractivity contribution in [3.63, 3.8) is 0 Å². The molecule has 16 heavy (non-hydrogen) atoms. The lowest BCUT2D eigenvalue weighted by molar-refractivity contribution is -0.129. The number of hydrogen-bond donors (Lipinski definition) is 2. The van der Waals surface area contributed by atoms with Crippen molar-refractivity contribution in [3.05, 3.63) is 24.0 Å². The number of likely N-dealkylation sites (tertiary alicyclic amines) is 1. The molecule has 5 heteroatoms. The topological polar surface area (TPSA) is 79.5 Å². The summed E-state index contributed by atoms with van der Waals surface area (Å²) in [6.07, 6.45) is 2.11. The van der Waals surface area contributed by atoms with Crippen molar-refractivity contribution in [1.29, 1.82) is 0 Å². The standard InChI is InChI=1S/C11H15N3O2/c12-8-1-2-9(13-6-8)5-11(16)14-4-3-10(15)7-14/h1-2,6,10,15H,3-5,7,12H2/t10-/m0/s1. The molecule has 3 N–H and O–H groups in total. The second-order valence-corrected chi connectivity index (χ2v) is 4.04. The number of aromatic nitrogens is 1. The predicted molar refractivity (Wildman–Crippen MR) is 59.6 cm³/mol. The highest BCUT2D eigenvalue weighted by molar-refractivity contribution is 5.78. The Hall–Kier alpha value is -1.62. The van der Waals surface area contributed by atoms with Crippen molar-refractivity contribution in [2.45, 2.75) is 18.9 Å². The number of nitrogen functional groups attached to an aromatic ring is 1. The molecule has 0 bridgehead atoms. The van der Waals surface area contributed by atoms with Gasteiger partial charge in [0.2, 0.25) is 5.91 Å². The molecule has 0 aliphatic carbocycles. The molecule has 0 saturated carbocycles. The number of hydrogen-bond acceptors (Lipinski definition) is 4. The number of anilines is 1. The van der Waals surface area contributed by atoms with E-state index in [2.05, 4.69) is 4.98 Å². The van der Waals surface area contributed by atoms with Crippen molar-refractivity contribution >= 4 is 11.6 Å². The molecular weight excluding hydrogens is 206 g/mol. The van der Waals surface area contributed by atoms with Crippen LogP contribution < -0.4 is 5.73 Å². The Morgan fingerprint density at radius 1 is 1.62 bits per heavy atom. The summed E-state index contributed by atoms with van der Waals surface area (Å²) in [4.78, 5) is 17.5. The van der Waals surface area contributed by atoms with E-state index in [1.165, 1.54) is 0 Å². The smallest absolute Gasteiger partial charge is 0.228 e. The highest BCUT2D eigenvalue weighted by atomic mass is 16.3. The minimum Gasteiger partial charge on any atom is -0.397 e. The molecule has 1 aliphatic rings. The van der Waals surface area contributed by atoms with Crippen LogP contribution in [0.25, 0.3) is 0 Å². The Balaban J connectivity index is 1.94. The van der Waals surface area contributed by atoms with Crippen LogP contribution >= 0.6 is 0 Å². The van der Waals surface area contributed by atoms with E-state index < -0.39 is 0 Å². The molecule has 1 aliphatic heterocycles. The van der Waals surface area contributed by atoms with Gasteiger partial charge in [0.05, 0.1) is 24.4 Å². The minimum atomic E-state index is -0.372. The molecule has 2 rings (SSSR count). The third-order valence-corrected chi connectivity index (χ3v) is 2.70. The molecule has 0 radical (unpaired) electrons. The third kappa shape index (κ3) is 2.49. The molecule has 2 heterocycles. The van der Waals surface area contributed by atoms with E-state index in [-0.39, 0.29) is 18.4 Å². The van der Waals surface area contributed by atoms with Crippen LogP contribution in [0, 0.1) is 0 Å². The van der Waals surface area contributed by atoms with E-state index in [1.807, 2.05) is 0 Å². The van der Waals surface area contributed by atoms with Crippen LogP contribution in [0.3, 0.4) is 0 Å². The molecule has 5 nitrogen and oxygen atoms in total. The van der Waals surface area contributed by atoms with Crippen LogP contribution in [0.4, 0.5) is 5.69 Å². The number of nitrogens with zero attached hydrogens (tertiary/aromatic N) is 2. The molecule has 1 amide bonds. The summed E-state index contributed by atoms with van der Waals surface area (Å²) in [5, 5.41) is 9.32. The van der Waals surface area contributed by atoms with Crippen LogP contribution in [0.5, 0.6) is 0 Å². The molecule has 1 aromatic rings. The van der Waals surface area contributed by atoms with E-state index in [0.717, 1.165) is 0 Å². The van der Waals surface area contributed by atoms with Gasteiger partial charge in [0.15, 0.2) is 0 Å². The molecule has 1 aromatic heterocycles. The number of β-amino-alcohol motifs (C(OH)–C–C–N with tert-alkyl or cyclic N) is 1. The first kappa shape index (κ1) is 10.9. The fraction of sp³-hybridized carbons (Fsp3) is 0.455. The average Bonchev–Trinajstić information content (AvgIpc) is 2.68. The normalized spacial score (nSPS) is 20.1. The van der Waals surface area contributed by atoms with Gasteiger partial charge in [-0.05, 0) is 18.6 Å². The summed E-state index contributed by atoms with van der Waals surface area (Å²) in [6, 6.07) is 3.48. The van der Waals surface area contributed by atoms with Crippen molar-refractivity contribution < 1.29 is 9.90 Å². The number of aliphatic hydroxyl groups is 1. The molecule has 0 aromatic carbocycles. The third-order valence-electron chi connectivity index (χ3n) is 2.70. The summed E-state index contributed by atoms with van der Waals surface area (Å²) >= 11 is 0. The fourth-order valence-corrected chi connectivity index (χ4v) is 1.78. The van der Waals surface area contributed by atoms with Gasteiger partial charge < -0.3 is 15.7 Å². The number of amides is 1. The zero-order chi connectivity index (χ0) is 11.5. The van der Waals surface area contributed by atoms with E-state index in [1.54, 1.807) is 23.2 Å². The number of nitrogens with two attached hydrogens (primary N) is 1. The summed E-state index contributed by atoms with van der Waals surface area (Å²) in [6.45, 7) is 1.07. The lowest BCUT2D eigenvalue weighted by Gasteiger charge is -2.14. The first-order valence-electron chi connectivity index (χ1n) is 5.31. The summed E-state index contributed by atoms with van der Waals surface area (Å²) in [7, 11) is 0. The monoisotopic (exact) mass is 221 g/mol. The van der Waals surface area contributed by atoms with Gasteiger partial charge in [0.1, 0.15) is 0 Å². The van der Waals surface area contributed by atoms with E-state index in [0.29, 0.717) is 30.9 Å². The summed E-state index contributed by atoms with van der Waals surface area (Å²) < 4.78 is 0. The molecule has 0 spiro atoms. The maximum Gasteiger partial charge on any atom is 0.228 e. The predicted octanol–water partition coefficient (Wildman–Crippen LogP) is -0.201. The zero-order valence-corrected chi connectivity index (χ0v) is 8.97. The number of carbonyl (C=O) groups is 1. The van der Waals surface area contributed by atoms with Gasteiger partial charge in [-0.15, -0.1) is 0 Å². The lowest BCUT2D eigenvalue weighted by Crippen LogP contribution is -2.31. The maximum atomic E-state index is 11.8. The van der Waals surface area contributed by atoms with E-state index >= 15 is 0 Å². The number of aliphatic hydroxyl groups excluding tert-OH is 1. The highest BCUT2D eigenvalue weighted by Gasteiger charge is 2.24. The Labute approximate surface area is 93.9 Å². The number of pyridine rings is 1.